The van der Waals surface area contributed by atoms with Crippen molar-refractivity contribution in [2.24, 2.45) is 11.8 Å². The van der Waals surface area contributed by atoms with E-state index < -0.39 is 0 Å². The van der Waals surface area contributed by atoms with E-state index in [0.717, 1.165) is 23.9 Å². The van der Waals surface area contributed by atoms with E-state index >= 15 is 0 Å². The Morgan fingerprint density at radius 3 is 2.35 bits per heavy atom. The molecule has 2 rings (SSSR count). The van der Waals surface area contributed by atoms with Crippen molar-refractivity contribution in [2.45, 2.75) is 109 Å². The van der Waals surface area contributed by atoms with Gasteiger partial charge in [-0.1, -0.05) is 58.8 Å². The Kier molecular flexibility index (Phi) is 7.41. The molecule has 20 heavy (non-hydrogen) atoms. The molecule has 118 valence electrons. The smallest absolute Gasteiger partial charge is 0.00952 e. The first-order valence-corrected chi connectivity index (χ1v) is 9.59. The Bertz CT molecular complexity index is 244. The van der Waals surface area contributed by atoms with Gasteiger partial charge in [0, 0.05) is 12.1 Å². The predicted molar refractivity (Wildman–Crippen MR) is 89.1 cm³/mol. The van der Waals surface area contributed by atoms with Gasteiger partial charge in [-0.25, -0.2) is 0 Å². The fourth-order valence-corrected chi connectivity index (χ4v) is 4.67. The van der Waals surface area contributed by atoms with E-state index in [-0.39, 0.29) is 0 Å². The number of rotatable bonds is 6. The summed E-state index contributed by atoms with van der Waals surface area (Å²) < 4.78 is 0. The molecule has 0 saturated heterocycles. The summed E-state index contributed by atoms with van der Waals surface area (Å²) >= 11 is 0. The Balaban J connectivity index is 1.78. The SMILES string of the molecule is CCCC1CCCC(NC(CC)C2CCCCC2)CC1. The van der Waals surface area contributed by atoms with Crippen LogP contribution < -0.4 is 5.32 Å². The minimum absolute atomic E-state index is 0.808. The van der Waals surface area contributed by atoms with E-state index in [0.29, 0.717) is 0 Å². The summed E-state index contributed by atoms with van der Waals surface area (Å²) in [5.74, 6) is 2.00. The van der Waals surface area contributed by atoms with Gasteiger partial charge >= 0.3 is 0 Å². The highest BCUT2D eigenvalue weighted by atomic mass is 15.0. The van der Waals surface area contributed by atoms with Gasteiger partial charge in [-0.3, -0.25) is 0 Å². The molecule has 3 unspecified atom stereocenters. The number of hydrogen-bond acceptors (Lipinski definition) is 1. The van der Waals surface area contributed by atoms with Crippen LogP contribution in [0.3, 0.4) is 0 Å². The molecule has 0 aromatic carbocycles. The zero-order valence-corrected chi connectivity index (χ0v) is 14.0. The van der Waals surface area contributed by atoms with E-state index in [1.54, 1.807) is 0 Å². The van der Waals surface area contributed by atoms with Gasteiger partial charge in [0.25, 0.3) is 0 Å². The molecule has 0 bridgehead atoms. The van der Waals surface area contributed by atoms with Crippen LogP contribution in [0.15, 0.2) is 0 Å². The van der Waals surface area contributed by atoms with Crippen molar-refractivity contribution < 1.29 is 0 Å². The summed E-state index contributed by atoms with van der Waals surface area (Å²) in [5.41, 5.74) is 0. The third kappa shape index (κ3) is 5.06. The van der Waals surface area contributed by atoms with Crippen molar-refractivity contribution in [3.05, 3.63) is 0 Å². The Hall–Kier alpha value is -0.0400. The molecule has 1 heteroatoms. The fraction of sp³-hybridized carbons (Fsp3) is 1.00. The van der Waals surface area contributed by atoms with Crippen molar-refractivity contribution in [1.82, 2.24) is 5.32 Å². The van der Waals surface area contributed by atoms with Crippen LogP contribution in [0.1, 0.15) is 97.3 Å². The summed E-state index contributed by atoms with van der Waals surface area (Å²) in [6, 6.07) is 1.63. The predicted octanol–water partition coefficient (Wildman–Crippen LogP) is 5.68. The van der Waals surface area contributed by atoms with E-state index in [2.05, 4.69) is 19.2 Å². The quantitative estimate of drug-likeness (QED) is 0.616. The molecule has 2 aliphatic carbocycles. The lowest BCUT2D eigenvalue weighted by atomic mass is 9.82. The molecule has 2 saturated carbocycles. The van der Waals surface area contributed by atoms with Crippen LogP contribution in [0.25, 0.3) is 0 Å². The van der Waals surface area contributed by atoms with Crippen LogP contribution in [0, 0.1) is 11.8 Å². The molecule has 0 aromatic rings. The summed E-state index contributed by atoms with van der Waals surface area (Å²) in [6.07, 6.45) is 18.9. The Morgan fingerprint density at radius 2 is 1.65 bits per heavy atom. The van der Waals surface area contributed by atoms with Crippen molar-refractivity contribution in [3.63, 3.8) is 0 Å². The lowest BCUT2D eigenvalue weighted by molar-refractivity contribution is 0.237. The van der Waals surface area contributed by atoms with Gasteiger partial charge in [-0.05, 0) is 50.4 Å². The maximum Gasteiger partial charge on any atom is 0.00952 e. The second-order valence-corrected chi connectivity index (χ2v) is 7.44. The molecular weight excluding hydrogens is 242 g/mol. The van der Waals surface area contributed by atoms with Crippen LogP contribution in [-0.4, -0.2) is 12.1 Å². The molecular formula is C19H37N. The minimum Gasteiger partial charge on any atom is -0.311 e. The zero-order chi connectivity index (χ0) is 14.2. The van der Waals surface area contributed by atoms with Gasteiger partial charge < -0.3 is 5.32 Å². The van der Waals surface area contributed by atoms with Crippen molar-refractivity contribution in [2.75, 3.05) is 0 Å². The molecule has 0 radical (unpaired) electrons. The van der Waals surface area contributed by atoms with E-state index in [1.807, 2.05) is 0 Å². The van der Waals surface area contributed by atoms with Crippen LogP contribution in [0.4, 0.5) is 0 Å². The van der Waals surface area contributed by atoms with Gasteiger partial charge in [-0.15, -0.1) is 0 Å². The van der Waals surface area contributed by atoms with Crippen molar-refractivity contribution >= 4 is 0 Å². The summed E-state index contributed by atoms with van der Waals surface area (Å²) in [5, 5.41) is 4.08. The lowest BCUT2D eigenvalue weighted by Gasteiger charge is -2.33. The highest BCUT2D eigenvalue weighted by Crippen LogP contribution is 2.30. The largest absolute Gasteiger partial charge is 0.311 e. The van der Waals surface area contributed by atoms with E-state index in [4.69, 9.17) is 0 Å². The first kappa shape index (κ1) is 16.3. The zero-order valence-electron chi connectivity index (χ0n) is 14.0. The van der Waals surface area contributed by atoms with Crippen LogP contribution in [-0.2, 0) is 0 Å². The number of nitrogens with one attached hydrogen (secondary N) is 1. The minimum atomic E-state index is 0.808. The third-order valence-corrected chi connectivity index (χ3v) is 5.89. The van der Waals surface area contributed by atoms with Crippen molar-refractivity contribution in [1.29, 1.82) is 0 Å². The molecule has 1 N–H and O–H groups in total. The van der Waals surface area contributed by atoms with Crippen LogP contribution >= 0.6 is 0 Å². The van der Waals surface area contributed by atoms with Gasteiger partial charge in [0.1, 0.15) is 0 Å². The molecule has 3 atom stereocenters. The van der Waals surface area contributed by atoms with Gasteiger partial charge in [0.05, 0.1) is 0 Å². The highest BCUT2D eigenvalue weighted by Gasteiger charge is 2.26. The van der Waals surface area contributed by atoms with Gasteiger partial charge in [-0.2, -0.15) is 0 Å². The Labute approximate surface area is 127 Å². The Morgan fingerprint density at radius 1 is 0.850 bits per heavy atom. The topological polar surface area (TPSA) is 12.0 Å². The van der Waals surface area contributed by atoms with Gasteiger partial charge in [0.2, 0.25) is 0 Å². The highest BCUT2D eigenvalue weighted by molar-refractivity contribution is 4.83. The standard InChI is InChI=1S/C19H37N/c1-3-9-16-10-8-13-18(15-14-16)20-19(4-2)17-11-6-5-7-12-17/h16-20H,3-15H2,1-2H3. The molecule has 2 aliphatic rings. The summed E-state index contributed by atoms with van der Waals surface area (Å²) in [7, 11) is 0. The molecule has 0 amide bonds. The fourth-order valence-electron chi connectivity index (χ4n) is 4.67. The molecule has 1 nitrogen and oxygen atoms in total. The second-order valence-electron chi connectivity index (χ2n) is 7.44. The lowest BCUT2D eigenvalue weighted by Crippen LogP contribution is -2.43. The average Bonchev–Trinajstić information content (AvgIpc) is 2.71. The monoisotopic (exact) mass is 279 g/mol. The maximum absolute atomic E-state index is 4.08. The van der Waals surface area contributed by atoms with E-state index in [1.165, 1.54) is 83.5 Å². The number of hydrogen-bond donors (Lipinski definition) is 1. The normalized spacial score (nSPS) is 30.9. The van der Waals surface area contributed by atoms with Crippen molar-refractivity contribution in [3.8, 4) is 0 Å². The first-order chi connectivity index (χ1) is 9.83. The molecule has 0 spiro atoms. The van der Waals surface area contributed by atoms with E-state index in [9.17, 15) is 0 Å². The molecule has 0 heterocycles. The third-order valence-electron chi connectivity index (χ3n) is 5.89. The summed E-state index contributed by atoms with van der Waals surface area (Å²) in [6.45, 7) is 4.74. The summed E-state index contributed by atoms with van der Waals surface area (Å²) in [4.78, 5) is 0. The average molecular weight is 280 g/mol. The maximum atomic E-state index is 4.08. The second kappa shape index (κ2) is 9.07. The molecule has 2 fully saturated rings. The van der Waals surface area contributed by atoms with Gasteiger partial charge in [0.15, 0.2) is 0 Å². The molecule has 0 aliphatic heterocycles. The first-order valence-electron chi connectivity index (χ1n) is 9.59. The van der Waals surface area contributed by atoms with Crippen LogP contribution in [0.2, 0.25) is 0 Å². The molecule has 0 aromatic heterocycles. The van der Waals surface area contributed by atoms with Crippen LogP contribution in [0.5, 0.6) is 0 Å².